The Labute approximate surface area is 181 Å². The molecule has 1 saturated heterocycles. The molecule has 1 aromatic heterocycles. The molecule has 2 aromatic carbocycles. The number of carbonyl (C=O) groups is 2. The number of rotatable bonds is 6. The number of ether oxygens (including phenoxy) is 2. The summed E-state index contributed by atoms with van der Waals surface area (Å²) in [5.41, 5.74) is 2.70. The predicted molar refractivity (Wildman–Crippen MR) is 119 cm³/mol. The Bertz CT molecular complexity index is 1090. The number of nitrogens with zero attached hydrogens (tertiary/aromatic N) is 2. The van der Waals surface area contributed by atoms with E-state index in [1.807, 2.05) is 66.3 Å². The highest BCUT2D eigenvalue weighted by molar-refractivity contribution is 5.95. The van der Waals surface area contributed by atoms with Crippen molar-refractivity contribution in [3.05, 3.63) is 60.3 Å². The summed E-state index contributed by atoms with van der Waals surface area (Å²) in [6, 6.07) is 14.3. The summed E-state index contributed by atoms with van der Waals surface area (Å²) >= 11 is 0. The lowest BCUT2D eigenvalue weighted by atomic mass is 10.0. The van der Waals surface area contributed by atoms with Crippen molar-refractivity contribution in [1.29, 1.82) is 0 Å². The van der Waals surface area contributed by atoms with Crippen LogP contribution in [0.2, 0.25) is 0 Å². The molecule has 1 amide bonds. The van der Waals surface area contributed by atoms with Crippen LogP contribution in [-0.2, 0) is 21.4 Å². The number of amides is 1. The zero-order chi connectivity index (χ0) is 22.0. The summed E-state index contributed by atoms with van der Waals surface area (Å²) < 4.78 is 12.2. The number of likely N-dealkylation sites (tertiary alicyclic amines) is 1. The van der Waals surface area contributed by atoms with Gasteiger partial charge in [-0.25, -0.2) is 4.79 Å². The van der Waals surface area contributed by atoms with E-state index in [1.54, 1.807) is 12.0 Å². The molecule has 1 N–H and O–H groups in total. The number of aromatic nitrogens is 1. The van der Waals surface area contributed by atoms with Gasteiger partial charge in [0.15, 0.2) is 0 Å². The summed E-state index contributed by atoms with van der Waals surface area (Å²) in [6.45, 7) is 0.532. The SMILES string of the molecule is COC(=O)[C@H]1CCCN1C(=O)[C@H](Nc1ccc(OC)cc1)c1cn(C)c2ccccc12. The van der Waals surface area contributed by atoms with Gasteiger partial charge in [0.2, 0.25) is 0 Å². The van der Waals surface area contributed by atoms with E-state index >= 15 is 0 Å². The third kappa shape index (κ3) is 3.95. The standard InChI is InChI=1S/C24H27N3O4/c1-26-15-19(18-7-4-5-8-20(18)26)22(25-16-10-12-17(30-2)13-11-16)23(28)27-14-6-9-21(27)24(29)31-3/h4-5,7-8,10-13,15,21-22,25H,6,9,14H2,1-3H3/t21-,22-/m1/s1. The summed E-state index contributed by atoms with van der Waals surface area (Å²) in [5.74, 6) is 0.232. The highest BCUT2D eigenvalue weighted by Gasteiger charge is 2.39. The molecule has 7 heteroatoms. The Hall–Kier alpha value is -3.48. The molecule has 7 nitrogen and oxygen atoms in total. The minimum atomic E-state index is -0.648. The van der Waals surface area contributed by atoms with Crippen LogP contribution >= 0.6 is 0 Å². The van der Waals surface area contributed by atoms with Gasteiger partial charge < -0.3 is 24.3 Å². The van der Waals surface area contributed by atoms with Gasteiger partial charge in [0.25, 0.3) is 5.91 Å². The number of nitrogens with one attached hydrogen (secondary N) is 1. The third-order valence-electron chi connectivity index (χ3n) is 5.90. The molecule has 0 saturated carbocycles. The first kappa shape index (κ1) is 20.8. The molecule has 0 unspecified atom stereocenters. The first-order valence-corrected chi connectivity index (χ1v) is 10.4. The lowest BCUT2D eigenvalue weighted by molar-refractivity contribution is -0.151. The van der Waals surface area contributed by atoms with Crippen molar-refractivity contribution in [3.63, 3.8) is 0 Å². The maximum atomic E-state index is 13.8. The van der Waals surface area contributed by atoms with Crippen LogP contribution in [0.4, 0.5) is 5.69 Å². The Balaban J connectivity index is 1.74. The maximum absolute atomic E-state index is 13.8. The highest BCUT2D eigenvalue weighted by Crippen LogP contribution is 2.32. The van der Waals surface area contributed by atoms with Crippen molar-refractivity contribution in [2.45, 2.75) is 24.9 Å². The molecule has 2 atom stereocenters. The van der Waals surface area contributed by atoms with Crippen molar-refractivity contribution < 1.29 is 19.1 Å². The zero-order valence-electron chi connectivity index (χ0n) is 18.0. The average Bonchev–Trinajstić information content (AvgIpc) is 3.42. The lowest BCUT2D eigenvalue weighted by Gasteiger charge is -2.28. The Kier molecular flexibility index (Phi) is 5.84. The van der Waals surface area contributed by atoms with Crippen molar-refractivity contribution in [1.82, 2.24) is 9.47 Å². The van der Waals surface area contributed by atoms with Gasteiger partial charge in [0.1, 0.15) is 17.8 Å². The van der Waals surface area contributed by atoms with E-state index in [0.717, 1.165) is 34.3 Å². The number of carbonyl (C=O) groups excluding carboxylic acids is 2. The zero-order valence-corrected chi connectivity index (χ0v) is 18.0. The van der Waals surface area contributed by atoms with E-state index in [1.165, 1.54) is 7.11 Å². The number of anilines is 1. The fourth-order valence-electron chi connectivity index (χ4n) is 4.31. The lowest BCUT2D eigenvalue weighted by Crippen LogP contribution is -2.45. The number of hydrogen-bond donors (Lipinski definition) is 1. The minimum Gasteiger partial charge on any atom is -0.497 e. The summed E-state index contributed by atoms with van der Waals surface area (Å²) in [4.78, 5) is 27.7. The first-order valence-electron chi connectivity index (χ1n) is 10.4. The van der Waals surface area contributed by atoms with Crippen molar-refractivity contribution in [2.75, 3.05) is 26.1 Å². The van der Waals surface area contributed by atoms with Crippen molar-refractivity contribution >= 4 is 28.5 Å². The van der Waals surface area contributed by atoms with Gasteiger partial charge in [-0.15, -0.1) is 0 Å². The van der Waals surface area contributed by atoms with Crippen LogP contribution < -0.4 is 10.1 Å². The molecular weight excluding hydrogens is 394 g/mol. The molecule has 4 rings (SSSR count). The number of benzene rings is 2. The molecule has 162 valence electrons. The molecule has 3 aromatic rings. The quantitative estimate of drug-likeness (QED) is 0.617. The fraction of sp³-hybridized carbons (Fsp3) is 0.333. The van der Waals surface area contributed by atoms with Crippen molar-refractivity contribution in [3.8, 4) is 5.75 Å². The van der Waals surface area contributed by atoms with E-state index in [2.05, 4.69) is 5.32 Å². The molecule has 1 aliphatic rings. The van der Waals surface area contributed by atoms with Gasteiger partial charge in [0.05, 0.1) is 14.2 Å². The van der Waals surface area contributed by atoms with Crippen LogP contribution in [0.5, 0.6) is 5.75 Å². The number of esters is 1. The second-order valence-electron chi connectivity index (χ2n) is 7.73. The Morgan fingerprint density at radius 2 is 1.84 bits per heavy atom. The number of hydrogen-bond acceptors (Lipinski definition) is 5. The fourth-order valence-corrected chi connectivity index (χ4v) is 4.31. The molecule has 2 heterocycles. The van der Waals surface area contributed by atoms with Gasteiger partial charge in [-0.1, -0.05) is 18.2 Å². The third-order valence-corrected chi connectivity index (χ3v) is 5.90. The van der Waals surface area contributed by atoms with Crippen LogP contribution in [0.1, 0.15) is 24.4 Å². The number of fused-ring (bicyclic) bond motifs is 1. The number of para-hydroxylation sites is 1. The van der Waals surface area contributed by atoms with E-state index in [-0.39, 0.29) is 11.9 Å². The molecule has 31 heavy (non-hydrogen) atoms. The Morgan fingerprint density at radius 1 is 1.10 bits per heavy atom. The molecular formula is C24H27N3O4. The van der Waals surface area contributed by atoms with E-state index in [9.17, 15) is 9.59 Å². The maximum Gasteiger partial charge on any atom is 0.328 e. The molecule has 0 bridgehead atoms. The first-order chi connectivity index (χ1) is 15.0. The molecule has 0 radical (unpaired) electrons. The average molecular weight is 421 g/mol. The molecule has 1 fully saturated rings. The second-order valence-corrected chi connectivity index (χ2v) is 7.73. The van der Waals surface area contributed by atoms with E-state index in [4.69, 9.17) is 9.47 Å². The van der Waals surface area contributed by atoms with Gasteiger partial charge in [0, 0.05) is 41.9 Å². The van der Waals surface area contributed by atoms with Gasteiger partial charge in [-0.05, 0) is 43.2 Å². The largest absolute Gasteiger partial charge is 0.497 e. The van der Waals surface area contributed by atoms with Crippen LogP contribution in [0.25, 0.3) is 10.9 Å². The summed E-state index contributed by atoms with van der Waals surface area (Å²) in [5, 5.41) is 4.39. The smallest absolute Gasteiger partial charge is 0.328 e. The van der Waals surface area contributed by atoms with Crippen molar-refractivity contribution in [2.24, 2.45) is 7.05 Å². The summed E-state index contributed by atoms with van der Waals surface area (Å²) in [6.07, 6.45) is 3.37. The Morgan fingerprint density at radius 3 is 2.55 bits per heavy atom. The summed E-state index contributed by atoms with van der Waals surface area (Å²) in [7, 11) is 4.94. The van der Waals surface area contributed by atoms with Crippen LogP contribution in [0.3, 0.4) is 0 Å². The van der Waals surface area contributed by atoms with Crippen LogP contribution in [-0.4, -0.2) is 48.1 Å². The topological polar surface area (TPSA) is 72.8 Å². The van der Waals surface area contributed by atoms with Gasteiger partial charge in [-0.2, -0.15) is 0 Å². The van der Waals surface area contributed by atoms with Crippen LogP contribution in [0, 0.1) is 0 Å². The highest BCUT2D eigenvalue weighted by atomic mass is 16.5. The van der Waals surface area contributed by atoms with E-state index < -0.39 is 12.1 Å². The molecule has 1 aliphatic heterocycles. The number of methoxy groups -OCH3 is 2. The molecule has 0 aliphatic carbocycles. The normalized spacial score (nSPS) is 16.9. The second kappa shape index (κ2) is 8.71. The van der Waals surface area contributed by atoms with E-state index in [0.29, 0.717) is 13.0 Å². The predicted octanol–water partition coefficient (Wildman–Crippen LogP) is 3.50. The van der Waals surface area contributed by atoms with Gasteiger partial charge in [-0.3, -0.25) is 4.79 Å². The monoisotopic (exact) mass is 421 g/mol. The number of aryl methyl sites for hydroxylation is 1. The minimum absolute atomic E-state index is 0.139. The van der Waals surface area contributed by atoms with Crippen LogP contribution in [0.15, 0.2) is 54.7 Å². The van der Waals surface area contributed by atoms with Gasteiger partial charge >= 0.3 is 5.97 Å². The molecule has 0 spiro atoms.